The van der Waals surface area contributed by atoms with Crippen LogP contribution in [-0.4, -0.2) is 62.3 Å². The second-order valence-corrected chi connectivity index (χ2v) is 10.2. The number of hydrogen-bond donors (Lipinski definition) is 4. The Morgan fingerprint density at radius 3 is 2.30 bits per heavy atom. The Morgan fingerprint density at radius 2 is 1.61 bits per heavy atom. The van der Waals surface area contributed by atoms with Gasteiger partial charge in [-0.3, -0.25) is 4.79 Å². The molecule has 1 aromatic heterocycles. The molecular formula is C31H30F4N8O3. The molecule has 0 spiro atoms. The van der Waals surface area contributed by atoms with Gasteiger partial charge in [0.05, 0.1) is 24.3 Å². The molecule has 1 fully saturated rings. The van der Waals surface area contributed by atoms with Crippen molar-refractivity contribution in [2.45, 2.75) is 6.18 Å². The van der Waals surface area contributed by atoms with E-state index in [4.69, 9.17) is 4.74 Å². The predicted molar refractivity (Wildman–Crippen MR) is 167 cm³/mol. The zero-order valence-electron chi connectivity index (χ0n) is 24.8. The van der Waals surface area contributed by atoms with Crippen LogP contribution < -0.4 is 31.1 Å². The van der Waals surface area contributed by atoms with E-state index in [2.05, 4.69) is 36.1 Å². The minimum Gasteiger partial charge on any atom is -0.378 e. The fourth-order valence-electron chi connectivity index (χ4n) is 4.76. The molecule has 1 aliphatic rings. The summed E-state index contributed by atoms with van der Waals surface area (Å²) in [5, 5.41) is 10.6. The van der Waals surface area contributed by atoms with Crippen molar-refractivity contribution < 1.29 is 31.9 Å². The highest BCUT2D eigenvalue weighted by molar-refractivity contribution is 6.01. The number of aromatic nitrogens is 2. The SMILES string of the molecule is CNC(=O)c1cc(Nc2nccc(N(C)c3ccc(NC(=O)Nc4cc(F)cc(C(F)(F)F)c4)cc3)n2)ccc1N1CCOCC1. The van der Waals surface area contributed by atoms with Crippen LogP contribution in [0.4, 0.5) is 62.6 Å². The van der Waals surface area contributed by atoms with Gasteiger partial charge in [0.2, 0.25) is 5.95 Å². The first kappa shape index (κ1) is 32.0. The summed E-state index contributed by atoms with van der Waals surface area (Å²) in [7, 11) is 3.36. The van der Waals surface area contributed by atoms with Gasteiger partial charge in [-0.25, -0.2) is 14.2 Å². The van der Waals surface area contributed by atoms with Crippen LogP contribution >= 0.6 is 0 Å². The van der Waals surface area contributed by atoms with Gasteiger partial charge in [-0.05, 0) is 66.7 Å². The fourth-order valence-corrected chi connectivity index (χ4v) is 4.76. The molecule has 240 valence electrons. The summed E-state index contributed by atoms with van der Waals surface area (Å²) in [6, 6.07) is 14.7. The first-order valence-corrected chi connectivity index (χ1v) is 14.1. The number of morpholine rings is 1. The van der Waals surface area contributed by atoms with E-state index in [1.807, 2.05) is 12.1 Å². The third-order valence-corrected chi connectivity index (χ3v) is 7.06. The second-order valence-electron chi connectivity index (χ2n) is 10.2. The lowest BCUT2D eigenvalue weighted by atomic mass is 10.1. The number of rotatable bonds is 8. The summed E-state index contributed by atoms with van der Waals surface area (Å²) in [6.07, 6.45) is -3.18. The molecule has 0 saturated carbocycles. The maximum absolute atomic E-state index is 13.7. The van der Waals surface area contributed by atoms with Gasteiger partial charge in [0, 0.05) is 61.8 Å². The first-order chi connectivity index (χ1) is 22.0. The van der Waals surface area contributed by atoms with E-state index in [0.29, 0.717) is 72.8 Å². The van der Waals surface area contributed by atoms with Crippen LogP contribution in [0.15, 0.2) is 72.9 Å². The van der Waals surface area contributed by atoms with Gasteiger partial charge < -0.3 is 35.8 Å². The van der Waals surface area contributed by atoms with Gasteiger partial charge in [0.25, 0.3) is 5.91 Å². The molecule has 1 saturated heterocycles. The molecule has 0 bridgehead atoms. The molecule has 2 heterocycles. The molecule has 11 nitrogen and oxygen atoms in total. The van der Waals surface area contributed by atoms with Crippen LogP contribution in [0.1, 0.15) is 15.9 Å². The van der Waals surface area contributed by atoms with Gasteiger partial charge in [0.1, 0.15) is 11.6 Å². The van der Waals surface area contributed by atoms with E-state index in [1.165, 1.54) is 0 Å². The van der Waals surface area contributed by atoms with Crippen molar-refractivity contribution in [1.29, 1.82) is 0 Å². The summed E-state index contributed by atoms with van der Waals surface area (Å²) >= 11 is 0. The average molecular weight is 639 g/mol. The first-order valence-electron chi connectivity index (χ1n) is 14.1. The highest BCUT2D eigenvalue weighted by Crippen LogP contribution is 2.32. The number of ether oxygens (including phenoxy) is 1. The van der Waals surface area contributed by atoms with Crippen molar-refractivity contribution in [3.63, 3.8) is 0 Å². The zero-order chi connectivity index (χ0) is 32.8. The summed E-state index contributed by atoms with van der Waals surface area (Å²) in [5.41, 5.74) is 1.43. The minimum absolute atomic E-state index is 0.223. The highest BCUT2D eigenvalue weighted by Gasteiger charge is 2.31. The van der Waals surface area contributed by atoms with E-state index in [1.54, 1.807) is 61.6 Å². The lowest BCUT2D eigenvalue weighted by Gasteiger charge is -2.30. The summed E-state index contributed by atoms with van der Waals surface area (Å²) in [5.74, 6) is -0.512. The van der Waals surface area contributed by atoms with Crippen molar-refractivity contribution in [2.24, 2.45) is 0 Å². The Bertz CT molecular complexity index is 1710. The molecular weight excluding hydrogens is 608 g/mol. The number of halogens is 4. The van der Waals surface area contributed by atoms with Crippen molar-refractivity contribution in [3.8, 4) is 0 Å². The topological polar surface area (TPSA) is 124 Å². The number of hydrogen-bond acceptors (Lipinski definition) is 8. The number of urea groups is 1. The molecule has 5 rings (SSSR count). The lowest BCUT2D eigenvalue weighted by molar-refractivity contribution is -0.137. The normalized spacial score (nSPS) is 13.1. The van der Waals surface area contributed by atoms with Gasteiger partial charge in [-0.2, -0.15) is 18.2 Å². The van der Waals surface area contributed by atoms with E-state index < -0.39 is 23.6 Å². The predicted octanol–water partition coefficient (Wildman–Crippen LogP) is 5.99. The Labute approximate surface area is 261 Å². The van der Waals surface area contributed by atoms with E-state index in [-0.39, 0.29) is 11.6 Å². The molecule has 4 aromatic rings. The fraction of sp³-hybridized carbons (Fsp3) is 0.226. The maximum atomic E-state index is 13.7. The Kier molecular flexibility index (Phi) is 9.51. The largest absolute Gasteiger partial charge is 0.416 e. The molecule has 0 radical (unpaired) electrons. The minimum atomic E-state index is -4.76. The third-order valence-electron chi connectivity index (χ3n) is 7.06. The number of amides is 3. The van der Waals surface area contributed by atoms with Crippen LogP contribution in [-0.2, 0) is 10.9 Å². The Balaban J connectivity index is 1.25. The standard InChI is InChI=1S/C31H30F4N8O3/c1-36-28(44)25-18-22(5-8-26(25)43-11-13-46-14-12-43)38-29-37-10-9-27(41-29)42(2)24-6-3-21(4-7-24)39-30(45)40-23-16-19(31(33,34)35)15-20(32)17-23/h3-10,15-18H,11-14H2,1-2H3,(H,36,44)(H,37,38,41)(H2,39,40,45). The molecule has 0 aliphatic carbocycles. The number of anilines is 7. The molecule has 4 N–H and O–H groups in total. The number of carbonyl (C=O) groups is 2. The summed E-state index contributed by atoms with van der Waals surface area (Å²) < 4.78 is 58.0. The van der Waals surface area contributed by atoms with E-state index in [9.17, 15) is 27.2 Å². The van der Waals surface area contributed by atoms with Crippen LogP contribution in [0.25, 0.3) is 0 Å². The zero-order valence-corrected chi connectivity index (χ0v) is 24.8. The number of benzene rings is 3. The van der Waals surface area contributed by atoms with Crippen LogP contribution in [0.3, 0.4) is 0 Å². The van der Waals surface area contributed by atoms with Crippen LogP contribution in [0, 0.1) is 5.82 Å². The quantitative estimate of drug-likeness (QED) is 0.174. The molecule has 3 amide bonds. The van der Waals surface area contributed by atoms with Crippen LogP contribution in [0.2, 0.25) is 0 Å². The highest BCUT2D eigenvalue weighted by atomic mass is 19.4. The molecule has 3 aromatic carbocycles. The molecule has 1 aliphatic heterocycles. The Morgan fingerprint density at radius 1 is 0.913 bits per heavy atom. The second kappa shape index (κ2) is 13.7. The average Bonchev–Trinajstić information content (AvgIpc) is 3.04. The molecule has 0 atom stereocenters. The molecule has 15 heteroatoms. The summed E-state index contributed by atoms with van der Waals surface area (Å²) in [6.45, 7) is 2.53. The smallest absolute Gasteiger partial charge is 0.378 e. The molecule has 46 heavy (non-hydrogen) atoms. The van der Waals surface area contributed by atoms with Gasteiger partial charge >= 0.3 is 12.2 Å². The monoisotopic (exact) mass is 638 g/mol. The van der Waals surface area contributed by atoms with Crippen LogP contribution in [0.5, 0.6) is 0 Å². The van der Waals surface area contributed by atoms with Crippen molar-refractivity contribution in [3.05, 3.63) is 89.9 Å². The van der Waals surface area contributed by atoms with Gasteiger partial charge in [-0.15, -0.1) is 0 Å². The number of carbonyl (C=O) groups excluding carboxylic acids is 2. The van der Waals surface area contributed by atoms with E-state index in [0.717, 1.165) is 11.8 Å². The maximum Gasteiger partial charge on any atom is 0.416 e. The Hall–Kier alpha value is -5.44. The third kappa shape index (κ3) is 7.79. The van der Waals surface area contributed by atoms with Gasteiger partial charge in [0.15, 0.2) is 0 Å². The number of nitrogens with zero attached hydrogens (tertiary/aromatic N) is 4. The molecule has 0 unspecified atom stereocenters. The van der Waals surface area contributed by atoms with E-state index >= 15 is 0 Å². The van der Waals surface area contributed by atoms with Gasteiger partial charge in [-0.1, -0.05) is 0 Å². The lowest BCUT2D eigenvalue weighted by Crippen LogP contribution is -2.37. The number of nitrogens with one attached hydrogen (secondary N) is 4. The van der Waals surface area contributed by atoms with Crippen molar-refractivity contribution in [2.75, 3.05) is 66.1 Å². The summed E-state index contributed by atoms with van der Waals surface area (Å²) in [4.78, 5) is 37.8. The van der Waals surface area contributed by atoms with Crippen molar-refractivity contribution >= 4 is 52.1 Å². The van der Waals surface area contributed by atoms with Crippen molar-refractivity contribution in [1.82, 2.24) is 15.3 Å². The number of alkyl halides is 3.